The van der Waals surface area contributed by atoms with Crippen molar-refractivity contribution in [1.29, 1.82) is 0 Å². The van der Waals surface area contributed by atoms with Gasteiger partial charge in [0.25, 0.3) is 5.91 Å². The zero-order chi connectivity index (χ0) is 24.0. The summed E-state index contributed by atoms with van der Waals surface area (Å²) in [6, 6.07) is 13.5. The summed E-state index contributed by atoms with van der Waals surface area (Å²) >= 11 is 0. The summed E-state index contributed by atoms with van der Waals surface area (Å²) < 4.78 is 30.1. The molecule has 4 heterocycles. The highest BCUT2D eigenvalue weighted by molar-refractivity contribution is 7.89. The van der Waals surface area contributed by atoms with Crippen LogP contribution >= 0.6 is 0 Å². The lowest BCUT2D eigenvalue weighted by molar-refractivity contribution is 0.0697. The quantitative estimate of drug-likeness (QED) is 0.488. The highest BCUT2D eigenvalue weighted by atomic mass is 32.2. The van der Waals surface area contributed by atoms with Crippen LogP contribution < -0.4 is 0 Å². The Morgan fingerprint density at radius 2 is 1.74 bits per heavy atom. The van der Waals surface area contributed by atoms with Crippen molar-refractivity contribution in [3.63, 3.8) is 0 Å². The number of carbonyl (C=O) groups is 1. The van der Waals surface area contributed by atoms with Gasteiger partial charge in [0.2, 0.25) is 10.0 Å². The van der Waals surface area contributed by atoms with Gasteiger partial charge in [0.1, 0.15) is 10.5 Å². The number of aryl methyl sites for hydroxylation is 2. The van der Waals surface area contributed by atoms with Gasteiger partial charge in [-0.1, -0.05) is 18.2 Å². The Morgan fingerprint density at radius 1 is 1.00 bits per heavy atom. The number of benzene rings is 1. The normalized spacial score (nSPS) is 15.2. The Morgan fingerprint density at radius 3 is 2.47 bits per heavy atom. The predicted molar refractivity (Wildman–Crippen MR) is 131 cm³/mol. The molecule has 9 heteroatoms. The zero-order valence-electron chi connectivity index (χ0n) is 19.4. The first-order valence-electron chi connectivity index (χ1n) is 11.3. The maximum Gasteiger partial charge on any atom is 0.255 e. The fourth-order valence-electron chi connectivity index (χ4n) is 4.75. The van der Waals surface area contributed by atoms with Crippen LogP contribution in [0.1, 0.15) is 27.3 Å². The summed E-state index contributed by atoms with van der Waals surface area (Å²) in [6.07, 6.45) is 3.11. The number of rotatable bonds is 4. The minimum Gasteiger partial charge on any atom is -0.345 e. The van der Waals surface area contributed by atoms with Crippen LogP contribution in [0.2, 0.25) is 0 Å². The first kappa shape index (κ1) is 22.4. The van der Waals surface area contributed by atoms with Crippen LogP contribution in [0.3, 0.4) is 0 Å². The van der Waals surface area contributed by atoms with Gasteiger partial charge in [-0.15, -0.1) is 0 Å². The Labute approximate surface area is 198 Å². The summed E-state index contributed by atoms with van der Waals surface area (Å²) in [5.41, 5.74) is 5.26. The van der Waals surface area contributed by atoms with Crippen molar-refractivity contribution in [2.45, 2.75) is 25.7 Å². The fraction of sp³-hybridized carbons (Fsp3) is 0.280. The van der Waals surface area contributed by atoms with Crippen molar-refractivity contribution in [3.05, 3.63) is 77.4 Å². The van der Waals surface area contributed by atoms with Crippen molar-refractivity contribution in [1.82, 2.24) is 23.7 Å². The predicted octanol–water partition coefficient (Wildman–Crippen LogP) is 3.43. The molecule has 8 nitrogen and oxygen atoms in total. The minimum absolute atomic E-state index is 0.0683. The Kier molecular flexibility index (Phi) is 5.53. The molecule has 0 aliphatic carbocycles. The summed E-state index contributed by atoms with van der Waals surface area (Å²) in [6.45, 7) is 7.18. The lowest BCUT2D eigenvalue weighted by Crippen LogP contribution is -2.50. The Balaban J connectivity index is 1.35. The first-order valence-corrected chi connectivity index (χ1v) is 12.7. The summed E-state index contributed by atoms with van der Waals surface area (Å²) in [7, 11) is -3.69. The number of hydrogen-bond acceptors (Lipinski definition) is 4. The molecule has 1 aromatic carbocycles. The lowest BCUT2D eigenvalue weighted by atomic mass is 10.2. The largest absolute Gasteiger partial charge is 0.345 e. The van der Waals surface area contributed by atoms with Gasteiger partial charge in [-0.25, -0.2) is 13.4 Å². The van der Waals surface area contributed by atoms with Gasteiger partial charge in [-0.3, -0.25) is 4.79 Å². The maximum atomic E-state index is 13.4. The second kappa shape index (κ2) is 8.41. The van der Waals surface area contributed by atoms with Crippen LogP contribution in [0.25, 0.3) is 16.7 Å². The third-order valence-electron chi connectivity index (χ3n) is 6.57. The molecule has 34 heavy (non-hydrogen) atoms. The van der Waals surface area contributed by atoms with Crippen LogP contribution in [0.4, 0.5) is 0 Å². The third kappa shape index (κ3) is 3.61. The van der Waals surface area contributed by atoms with Gasteiger partial charge in [-0.2, -0.15) is 4.31 Å². The average Bonchev–Trinajstić information content (AvgIpc) is 3.40. The summed E-state index contributed by atoms with van der Waals surface area (Å²) in [5, 5.41) is 0.574. The number of H-pyrrole nitrogens is 1. The van der Waals surface area contributed by atoms with E-state index in [1.165, 1.54) is 10.5 Å². The van der Waals surface area contributed by atoms with Crippen LogP contribution in [0.15, 0.2) is 59.8 Å². The highest BCUT2D eigenvalue weighted by Crippen LogP contribution is 2.27. The number of fused-ring (bicyclic) bond motifs is 1. The second-order valence-corrected chi connectivity index (χ2v) is 10.6. The van der Waals surface area contributed by atoms with E-state index in [0.29, 0.717) is 29.7 Å². The average molecular weight is 478 g/mol. The van der Waals surface area contributed by atoms with Gasteiger partial charge in [-0.05, 0) is 50.6 Å². The molecule has 1 aliphatic heterocycles. The molecule has 4 aromatic rings. The molecule has 0 saturated carbocycles. The number of nitrogens with one attached hydrogen (secondary N) is 1. The van der Waals surface area contributed by atoms with Gasteiger partial charge in [0, 0.05) is 61.0 Å². The van der Waals surface area contributed by atoms with Gasteiger partial charge in [0.15, 0.2) is 0 Å². The SMILES string of the molecule is Cc1ccccc1-n1c(C)cc(C(=O)N2CCN(S(=O)(=O)c3c[nH]c4ncccc34)CC2)c1C. The molecule has 0 bridgehead atoms. The molecule has 0 radical (unpaired) electrons. The fourth-order valence-corrected chi connectivity index (χ4v) is 6.32. The number of hydrogen-bond donors (Lipinski definition) is 1. The van der Waals surface area contributed by atoms with E-state index in [1.54, 1.807) is 23.2 Å². The van der Waals surface area contributed by atoms with Gasteiger partial charge in [0.05, 0.1) is 5.56 Å². The van der Waals surface area contributed by atoms with Gasteiger partial charge < -0.3 is 14.5 Å². The topological polar surface area (TPSA) is 91.3 Å². The van der Waals surface area contributed by atoms with E-state index in [9.17, 15) is 13.2 Å². The number of para-hydroxylation sites is 1. The maximum absolute atomic E-state index is 13.4. The number of aromatic amines is 1. The molecule has 0 unspecified atom stereocenters. The molecule has 1 aliphatic rings. The van der Waals surface area contributed by atoms with E-state index in [-0.39, 0.29) is 23.9 Å². The molecular formula is C25H27N5O3S. The molecule has 1 N–H and O–H groups in total. The van der Waals surface area contributed by atoms with Crippen LogP contribution in [0, 0.1) is 20.8 Å². The molecule has 1 amide bonds. The Bertz CT molecular complexity index is 1490. The molecule has 5 rings (SSSR count). The minimum atomic E-state index is -3.69. The molecule has 176 valence electrons. The van der Waals surface area contributed by atoms with Gasteiger partial charge >= 0.3 is 0 Å². The Hall–Kier alpha value is -3.43. The van der Waals surface area contributed by atoms with E-state index < -0.39 is 10.0 Å². The van der Waals surface area contributed by atoms with Crippen molar-refractivity contribution >= 4 is 27.0 Å². The van der Waals surface area contributed by atoms with Crippen LogP contribution in [0.5, 0.6) is 0 Å². The molecule has 1 fully saturated rings. The lowest BCUT2D eigenvalue weighted by Gasteiger charge is -2.34. The molecule has 3 aromatic heterocycles. The molecule has 0 spiro atoms. The van der Waals surface area contributed by atoms with Crippen LogP contribution in [-0.2, 0) is 10.0 Å². The smallest absolute Gasteiger partial charge is 0.255 e. The number of piperazine rings is 1. The highest BCUT2D eigenvalue weighted by Gasteiger charge is 2.33. The number of pyridine rings is 1. The molecule has 1 saturated heterocycles. The van der Waals surface area contributed by atoms with E-state index in [0.717, 1.165) is 22.6 Å². The van der Waals surface area contributed by atoms with Crippen molar-refractivity contribution in [2.24, 2.45) is 0 Å². The monoisotopic (exact) mass is 477 g/mol. The van der Waals surface area contributed by atoms with Crippen LogP contribution in [-0.4, -0.2) is 64.2 Å². The van der Waals surface area contributed by atoms with Crippen molar-refractivity contribution in [3.8, 4) is 5.69 Å². The number of aromatic nitrogens is 3. The zero-order valence-corrected chi connectivity index (χ0v) is 20.3. The number of carbonyl (C=O) groups excluding carboxylic acids is 1. The summed E-state index contributed by atoms with van der Waals surface area (Å²) in [4.78, 5) is 22.5. The number of nitrogens with zero attached hydrogens (tertiary/aromatic N) is 4. The number of amides is 1. The second-order valence-electron chi connectivity index (χ2n) is 8.66. The third-order valence-corrected chi connectivity index (χ3v) is 8.51. The van der Waals surface area contributed by atoms with E-state index in [1.807, 2.05) is 38.1 Å². The first-order chi connectivity index (χ1) is 16.3. The summed E-state index contributed by atoms with van der Waals surface area (Å²) in [5.74, 6) is -0.0683. The van der Waals surface area contributed by atoms with E-state index >= 15 is 0 Å². The standard InChI is InChI=1S/C25H27N5O3S/c1-17-7-4-5-9-22(17)30-18(2)15-21(19(30)3)25(31)28-11-13-29(14-12-28)34(32,33)23-16-27-24-20(23)8-6-10-26-24/h4-10,15-16H,11-14H2,1-3H3,(H,26,27). The van der Waals surface area contributed by atoms with Crippen molar-refractivity contribution < 1.29 is 13.2 Å². The molecule has 0 atom stereocenters. The number of sulfonamides is 1. The van der Waals surface area contributed by atoms with E-state index in [2.05, 4.69) is 27.5 Å². The van der Waals surface area contributed by atoms with E-state index in [4.69, 9.17) is 0 Å². The molecular weight excluding hydrogens is 450 g/mol. The van der Waals surface area contributed by atoms with Crippen molar-refractivity contribution in [2.75, 3.05) is 26.2 Å².